The van der Waals surface area contributed by atoms with Gasteiger partial charge in [0.2, 0.25) is 9.84 Å². The van der Waals surface area contributed by atoms with E-state index in [0.29, 0.717) is 0 Å². The van der Waals surface area contributed by atoms with Gasteiger partial charge in [-0.2, -0.15) is 18.4 Å². The molecule has 0 spiro atoms. The Morgan fingerprint density at radius 1 is 1.03 bits per heavy atom. The number of ether oxygens (including phenoxy) is 1. The molecule has 0 radical (unpaired) electrons. The molecule has 0 aliphatic heterocycles. The number of sulfone groups is 1. The number of nitrogens with zero attached hydrogens (tertiary/aromatic N) is 1. The number of benzene rings is 3. The van der Waals surface area contributed by atoms with E-state index in [4.69, 9.17) is 16.3 Å². The molecule has 32 heavy (non-hydrogen) atoms. The lowest BCUT2D eigenvalue weighted by molar-refractivity contribution is -0.137. The van der Waals surface area contributed by atoms with Crippen molar-refractivity contribution in [2.45, 2.75) is 17.7 Å². The third kappa shape index (κ3) is 5.49. The molecule has 3 aromatic carbocycles. The minimum Gasteiger partial charge on any atom is -0.488 e. The number of alkyl halides is 3. The predicted octanol–water partition coefficient (Wildman–Crippen LogP) is 6.28. The molecule has 0 N–H and O–H groups in total. The number of halogens is 4. The van der Waals surface area contributed by atoms with Crippen LogP contribution in [0.1, 0.15) is 16.7 Å². The van der Waals surface area contributed by atoms with Crippen LogP contribution in [0.3, 0.4) is 0 Å². The normalized spacial score (nSPS) is 12.3. The van der Waals surface area contributed by atoms with Gasteiger partial charge in [0.1, 0.15) is 23.3 Å². The Balaban J connectivity index is 1.94. The summed E-state index contributed by atoms with van der Waals surface area (Å²) in [5, 5.41) is 9.74. The largest absolute Gasteiger partial charge is 0.488 e. The zero-order valence-corrected chi connectivity index (χ0v) is 17.9. The van der Waals surface area contributed by atoms with Gasteiger partial charge in [0, 0.05) is 10.6 Å². The Kier molecular flexibility index (Phi) is 6.92. The van der Waals surface area contributed by atoms with E-state index in [1.165, 1.54) is 54.6 Å². The van der Waals surface area contributed by atoms with Gasteiger partial charge in [-0.3, -0.25) is 0 Å². The summed E-state index contributed by atoms with van der Waals surface area (Å²) in [6.07, 6.45) is -3.37. The molecule has 0 aliphatic rings. The monoisotopic (exact) mass is 477 g/mol. The molecule has 0 aromatic heterocycles. The summed E-state index contributed by atoms with van der Waals surface area (Å²) >= 11 is 6.02. The molecule has 0 atom stereocenters. The van der Waals surface area contributed by atoms with Gasteiger partial charge in [-0.05, 0) is 54.1 Å². The second-order valence-corrected chi connectivity index (χ2v) is 8.96. The van der Waals surface area contributed by atoms with Crippen molar-refractivity contribution in [3.8, 4) is 11.8 Å². The molecule has 0 saturated carbocycles. The molecule has 164 valence electrons. The van der Waals surface area contributed by atoms with Crippen molar-refractivity contribution >= 4 is 27.5 Å². The van der Waals surface area contributed by atoms with Gasteiger partial charge in [0.15, 0.2) is 0 Å². The van der Waals surface area contributed by atoms with E-state index in [1.807, 2.05) is 0 Å². The fourth-order valence-electron chi connectivity index (χ4n) is 2.80. The predicted molar refractivity (Wildman–Crippen MR) is 114 cm³/mol. The van der Waals surface area contributed by atoms with Crippen molar-refractivity contribution in [2.75, 3.05) is 0 Å². The van der Waals surface area contributed by atoms with Crippen molar-refractivity contribution in [2.24, 2.45) is 0 Å². The molecule has 0 heterocycles. The standard InChI is InChI=1S/C23H15ClF3NO3S/c24-19-9-10-22(31-15-16-5-4-6-18(11-16)23(25,26)27)17(12-19)13-21(14-28)32(29,30)20-7-2-1-3-8-20/h1-13H,15H2/b21-13+. The van der Waals surface area contributed by atoms with Crippen LogP contribution in [0.5, 0.6) is 5.75 Å². The third-order valence-corrected chi connectivity index (χ3v) is 6.28. The quantitative estimate of drug-likeness (QED) is 0.392. The van der Waals surface area contributed by atoms with Gasteiger partial charge >= 0.3 is 6.18 Å². The first-order valence-corrected chi connectivity index (χ1v) is 11.0. The molecule has 4 nitrogen and oxygen atoms in total. The summed E-state index contributed by atoms with van der Waals surface area (Å²) in [4.78, 5) is -0.587. The van der Waals surface area contributed by atoms with Crippen molar-refractivity contribution in [3.63, 3.8) is 0 Å². The van der Waals surface area contributed by atoms with Crippen LogP contribution in [-0.4, -0.2) is 8.42 Å². The van der Waals surface area contributed by atoms with E-state index in [9.17, 15) is 26.9 Å². The number of nitriles is 1. The molecule has 3 rings (SSSR count). The maximum Gasteiger partial charge on any atom is 0.416 e. The zero-order valence-electron chi connectivity index (χ0n) is 16.3. The average molecular weight is 478 g/mol. The highest BCUT2D eigenvalue weighted by Crippen LogP contribution is 2.31. The van der Waals surface area contributed by atoms with E-state index in [1.54, 1.807) is 12.1 Å². The van der Waals surface area contributed by atoms with E-state index in [-0.39, 0.29) is 33.4 Å². The van der Waals surface area contributed by atoms with Gasteiger partial charge in [0.25, 0.3) is 0 Å². The second-order valence-electron chi connectivity index (χ2n) is 6.61. The first-order valence-electron chi connectivity index (χ1n) is 9.11. The Morgan fingerprint density at radius 3 is 2.41 bits per heavy atom. The van der Waals surface area contributed by atoms with Gasteiger partial charge in [-0.15, -0.1) is 0 Å². The van der Waals surface area contributed by atoms with Crippen LogP contribution in [0.15, 0.2) is 82.6 Å². The highest BCUT2D eigenvalue weighted by molar-refractivity contribution is 7.95. The van der Waals surface area contributed by atoms with E-state index >= 15 is 0 Å². The van der Waals surface area contributed by atoms with E-state index in [2.05, 4.69) is 0 Å². The van der Waals surface area contributed by atoms with Crippen molar-refractivity contribution in [1.82, 2.24) is 0 Å². The lowest BCUT2D eigenvalue weighted by atomic mass is 10.1. The number of hydrogen-bond acceptors (Lipinski definition) is 4. The highest BCUT2D eigenvalue weighted by atomic mass is 35.5. The Bertz CT molecular complexity index is 1300. The Hall–Kier alpha value is -3.28. The van der Waals surface area contributed by atoms with Crippen LogP contribution in [0.25, 0.3) is 6.08 Å². The van der Waals surface area contributed by atoms with Gasteiger partial charge in [-0.25, -0.2) is 8.42 Å². The smallest absolute Gasteiger partial charge is 0.416 e. The van der Waals surface area contributed by atoms with Crippen LogP contribution in [0.4, 0.5) is 13.2 Å². The van der Waals surface area contributed by atoms with Crippen molar-refractivity contribution < 1.29 is 26.3 Å². The van der Waals surface area contributed by atoms with Gasteiger partial charge < -0.3 is 4.74 Å². The maximum absolute atomic E-state index is 12.9. The first kappa shape index (κ1) is 23.4. The lowest BCUT2D eigenvalue weighted by Crippen LogP contribution is -2.06. The van der Waals surface area contributed by atoms with Crippen molar-refractivity contribution in [1.29, 1.82) is 5.26 Å². The summed E-state index contributed by atoms with van der Waals surface area (Å²) in [7, 11) is -4.09. The average Bonchev–Trinajstić information content (AvgIpc) is 2.77. The van der Waals surface area contributed by atoms with Gasteiger partial charge in [-0.1, -0.05) is 41.9 Å². The highest BCUT2D eigenvalue weighted by Gasteiger charge is 2.30. The van der Waals surface area contributed by atoms with Crippen LogP contribution < -0.4 is 4.74 Å². The molecule has 0 aliphatic carbocycles. The Morgan fingerprint density at radius 2 is 1.75 bits per heavy atom. The van der Waals surface area contributed by atoms with Crippen molar-refractivity contribution in [3.05, 3.63) is 99.4 Å². The molecular formula is C23H15ClF3NO3S. The fraction of sp³-hybridized carbons (Fsp3) is 0.0870. The molecule has 0 bridgehead atoms. The molecule has 0 fully saturated rings. The molecule has 0 amide bonds. The van der Waals surface area contributed by atoms with Crippen LogP contribution in [-0.2, 0) is 22.6 Å². The third-order valence-electron chi connectivity index (χ3n) is 4.36. The van der Waals surface area contributed by atoms with E-state index in [0.717, 1.165) is 18.2 Å². The number of rotatable bonds is 6. The summed E-state index contributed by atoms with van der Waals surface area (Å²) in [5.41, 5.74) is -0.349. The summed E-state index contributed by atoms with van der Waals surface area (Å²) in [5.74, 6) is 0.155. The zero-order chi connectivity index (χ0) is 23.4. The second kappa shape index (κ2) is 9.47. The molecular weight excluding hydrogens is 463 g/mol. The summed E-state index contributed by atoms with van der Waals surface area (Å²) in [6, 6.07) is 18.1. The molecule has 0 unspecified atom stereocenters. The minimum atomic E-state index is -4.49. The minimum absolute atomic E-state index is 0.0544. The summed E-state index contributed by atoms with van der Waals surface area (Å²) < 4.78 is 70.0. The molecule has 0 saturated heterocycles. The van der Waals surface area contributed by atoms with Crippen LogP contribution in [0.2, 0.25) is 5.02 Å². The number of allylic oxidation sites excluding steroid dienone is 1. The SMILES string of the molecule is N#C/C(=C\c1cc(Cl)ccc1OCc1cccc(C(F)(F)F)c1)S(=O)(=O)c1ccccc1. The molecule has 9 heteroatoms. The number of hydrogen-bond donors (Lipinski definition) is 0. The van der Waals surface area contributed by atoms with Gasteiger partial charge in [0.05, 0.1) is 10.5 Å². The van der Waals surface area contributed by atoms with E-state index < -0.39 is 26.5 Å². The Labute approximate surface area is 188 Å². The van der Waals surface area contributed by atoms with Crippen LogP contribution >= 0.6 is 11.6 Å². The summed E-state index contributed by atoms with van der Waals surface area (Å²) in [6.45, 7) is -0.209. The lowest BCUT2D eigenvalue weighted by Gasteiger charge is -2.12. The topological polar surface area (TPSA) is 67.2 Å². The maximum atomic E-state index is 12.9. The fourth-order valence-corrected chi connectivity index (χ4v) is 4.15. The first-order chi connectivity index (χ1) is 15.1. The van der Waals surface area contributed by atoms with Crippen LogP contribution in [0, 0.1) is 11.3 Å². The molecule has 3 aromatic rings.